The van der Waals surface area contributed by atoms with Crippen LogP contribution in [0.1, 0.15) is 12.5 Å². The maximum Gasteiger partial charge on any atom is 0.355 e. The van der Waals surface area contributed by atoms with E-state index in [-0.39, 0.29) is 24.8 Å². The summed E-state index contributed by atoms with van der Waals surface area (Å²) in [4.78, 5) is 39.9. The highest BCUT2D eigenvalue weighted by Gasteiger charge is 2.54. The first-order valence-electron chi connectivity index (χ1n) is 11.1. The number of benzene rings is 2. The van der Waals surface area contributed by atoms with Crippen molar-refractivity contribution in [3.8, 4) is 5.75 Å². The number of ether oxygens (including phenoxy) is 2. The zero-order chi connectivity index (χ0) is 25.5. The van der Waals surface area contributed by atoms with Crippen LogP contribution in [0.15, 0.2) is 47.7 Å². The molecule has 2 aliphatic heterocycles. The van der Waals surface area contributed by atoms with Crippen molar-refractivity contribution < 1.29 is 23.9 Å². The average molecular weight is 555 g/mol. The Morgan fingerprint density at radius 1 is 1.03 bits per heavy atom. The molecule has 1 N–H and O–H groups in total. The molecule has 0 spiro atoms. The molecule has 6 rings (SSSR count). The third-order valence-corrected chi connectivity index (χ3v) is 8.49. The molecule has 0 saturated carbocycles. The molecule has 2 amide bonds. The molecule has 14 heteroatoms. The molecular formula is C23H18N6O5S3. The zero-order valence-corrected chi connectivity index (χ0v) is 21.7. The predicted octanol–water partition coefficient (Wildman–Crippen LogP) is 2.49. The maximum atomic E-state index is 13.0. The Balaban J connectivity index is 1.06. The first kappa shape index (κ1) is 23.8. The first-order chi connectivity index (χ1) is 18.0. The number of aromatic nitrogens is 4. The van der Waals surface area contributed by atoms with Crippen LogP contribution in [0.25, 0.3) is 22.1 Å². The molecular weight excluding hydrogens is 536 g/mol. The number of thioether (sulfide) groups is 1. The number of nitrogens with zero attached hydrogens (tertiary/aromatic N) is 5. The van der Waals surface area contributed by atoms with Crippen LogP contribution in [0.3, 0.4) is 0 Å². The van der Waals surface area contributed by atoms with Crippen LogP contribution >= 0.6 is 35.2 Å². The van der Waals surface area contributed by atoms with Gasteiger partial charge in [-0.2, -0.15) is 17.5 Å². The number of amides is 2. The number of nitrogens with one attached hydrogen (secondary N) is 1. The Kier molecular flexibility index (Phi) is 6.22. The number of hydrogen-bond donors (Lipinski definition) is 1. The lowest BCUT2D eigenvalue weighted by Crippen LogP contribution is -2.70. The Morgan fingerprint density at radius 2 is 1.73 bits per heavy atom. The Morgan fingerprint density at radius 3 is 2.51 bits per heavy atom. The number of hydrogen-bond acceptors (Lipinski definition) is 12. The number of carbonyl (C=O) groups is 3. The van der Waals surface area contributed by atoms with Gasteiger partial charge in [0.2, 0.25) is 0 Å². The van der Waals surface area contributed by atoms with E-state index in [4.69, 9.17) is 9.47 Å². The molecule has 1 saturated heterocycles. The molecule has 2 aromatic heterocycles. The second-order valence-electron chi connectivity index (χ2n) is 8.45. The minimum atomic E-state index is -0.748. The van der Waals surface area contributed by atoms with Crippen LogP contribution in [0.4, 0.5) is 0 Å². The summed E-state index contributed by atoms with van der Waals surface area (Å²) in [6.45, 7) is 1.59. The fraction of sp³-hybridized carbons (Fsp3) is 0.261. The number of fused-ring (bicyclic) bond motifs is 3. The van der Waals surface area contributed by atoms with E-state index in [1.807, 2.05) is 18.2 Å². The van der Waals surface area contributed by atoms with E-state index in [9.17, 15) is 14.4 Å². The summed E-state index contributed by atoms with van der Waals surface area (Å²) in [5.74, 6) is -0.343. The summed E-state index contributed by atoms with van der Waals surface area (Å²) < 4.78 is 27.7. The van der Waals surface area contributed by atoms with Gasteiger partial charge in [-0.15, -0.1) is 11.8 Å². The average Bonchev–Trinajstić information content (AvgIpc) is 3.57. The fourth-order valence-electron chi connectivity index (χ4n) is 4.11. The molecule has 0 aliphatic carbocycles. The minimum Gasteiger partial charge on any atom is -0.484 e. The lowest BCUT2D eigenvalue weighted by molar-refractivity contribution is -0.153. The lowest BCUT2D eigenvalue weighted by atomic mass is 10.0. The second kappa shape index (κ2) is 9.68. The highest BCUT2D eigenvalue weighted by atomic mass is 32.2. The third kappa shape index (κ3) is 4.51. The van der Waals surface area contributed by atoms with Gasteiger partial charge < -0.3 is 14.8 Å². The van der Waals surface area contributed by atoms with Crippen LogP contribution in [0.5, 0.6) is 5.75 Å². The summed E-state index contributed by atoms with van der Waals surface area (Å²) in [5.41, 5.74) is 4.73. The van der Waals surface area contributed by atoms with Gasteiger partial charge in [-0.3, -0.25) is 14.5 Å². The summed E-state index contributed by atoms with van der Waals surface area (Å²) >= 11 is 3.71. The predicted molar refractivity (Wildman–Crippen MR) is 138 cm³/mol. The first-order valence-corrected chi connectivity index (χ1v) is 13.7. The summed E-state index contributed by atoms with van der Waals surface area (Å²) in [6.07, 6.45) is 0. The Bertz CT molecular complexity index is 1580. The molecule has 1 fully saturated rings. The van der Waals surface area contributed by atoms with Crippen LogP contribution in [0, 0.1) is 0 Å². The third-order valence-electron chi connectivity index (χ3n) is 5.95. The van der Waals surface area contributed by atoms with E-state index in [2.05, 4.69) is 22.8 Å². The van der Waals surface area contributed by atoms with Crippen LogP contribution in [-0.2, 0) is 25.7 Å². The molecule has 0 unspecified atom stereocenters. The Hall–Kier alpha value is -3.62. The normalized spacial score (nSPS) is 19.1. The van der Waals surface area contributed by atoms with Crippen LogP contribution < -0.4 is 10.1 Å². The smallest absolute Gasteiger partial charge is 0.355 e. The molecule has 2 aliphatic rings. The van der Waals surface area contributed by atoms with E-state index in [1.54, 1.807) is 25.1 Å². The molecule has 0 bridgehead atoms. The van der Waals surface area contributed by atoms with Crippen molar-refractivity contribution in [3.05, 3.63) is 53.2 Å². The summed E-state index contributed by atoms with van der Waals surface area (Å²) in [5, 5.41) is 2.33. The molecule has 188 valence electrons. The van der Waals surface area contributed by atoms with Crippen molar-refractivity contribution in [2.75, 3.05) is 12.4 Å². The van der Waals surface area contributed by atoms with E-state index >= 15 is 0 Å². The standard InChI is InChI=1S/C23H18N6O5S3/c1-11-10-35-22-19(24-18(30)9-33-13-3-5-15-17(7-13)28-37-26-15)21(31)29(22)20(11)23(32)34-8-12-2-4-14-16(6-12)27-36-25-14/h2-7,19,22H,8-10H2,1H3,(H,24,30)/t19-,22-/m1/s1. The molecule has 4 aromatic rings. The van der Waals surface area contributed by atoms with Gasteiger partial charge in [-0.25, -0.2) is 4.79 Å². The largest absolute Gasteiger partial charge is 0.484 e. The topological polar surface area (TPSA) is 136 Å². The van der Waals surface area contributed by atoms with Gasteiger partial charge in [-0.1, -0.05) is 6.07 Å². The Labute approximate surface area is 222 Å². The van der Waals surface area contributed by atoms with Crippen LogP contribution in [-0.4, -0.2) is 64.0 Å². The van der Waals surface area contributed by atoms with Crippen molar-refractivity contribution >= 4 is 75.1 Å². The van der Waals surface area contributed by atoms with Gasteiger partial charge >= 0.3 is 5.97 Å². The summed E-state index contributed by atoms with van der Waals surface area (Å²) in [7, 11) is 0. The number of carbonyl (C=O) groups excluding carboxylic acids is 3. The monoisotopic (exact) mass is 554 g/mol. The maximum absolute atomic E-state index is 13.0. The number of esters is 1. The highest BCUT2D eigenvalue weighted by molar-refractivity contribution is 8.00. The van der Waals surface area contributed by atoms with Crippen molar-refractivity contribution in [1.82, 2.24) is 27.7 Å². The van der Waals surface area contributed by atoms with E-state index in [1.165, 1.54) is 16.7 Å². The molecule has 2 atom stereocenters. The minimum absolute atomic E-state index is 0.0448. The van der Waals surface area contributed by atoms with Gasteiger partial charge in [0.1, 0.15) is 51.5 Å². The molecule has 11 nitrogen and oxygen atoms in total. The SMILES string of the molecule is CC1=C(C(=O)OCc2ccc3nsnc3c2)N2C(=O)[C@@H](NC(=O)COc3ccc4nsnc4c3)[C@H]2SC1. The molecule has 37 heavy (non-hydrogen) atoms. The van der Waals surface area contributed by atoms with Gasteiger partial charge in [-0.05, 0) is 42.3 Å². The molecule has 0 radical (unpaired) electrons. The van der Waals surface area contributed by atoms with Crippen molar-refractivity contribution in [2.24, 2.45) is 0 Å². The van der Waals surface area contributed by atoms with Gasteiger partial charge in [0, 0.05) is 11.8 Å². The van der Waals surface area contributed by atoms with Crippen molar-refractivity contribution in [2.45, 2.75) is 24.9 Å². The highest BCUT2D eigenvalue weighted by Crippen LogP contribution is 2.40. The van der Waals surface area contributed by atoms with Crippen LogP contribution in [0.2, 0.25) is 0 Å². The quantitative estimate of drug-likeness (QED) is 0.268. The molecule has 2 aromatic carbocycles. The zero-order valence-electron chi connectivity index (χ0n) is 19.2. The number of β-lactam (4-membered cyclic amide) rings is 1. The second-order valence-corrected chi connectivity index (χ2v) is 10.6. The van der Waals surface area contributed by atoms with Gasteiger partial charge in [0.15, 0.2) is 6.61 Å². The van der Waals surface area contributed by atoms with E-state index in [0.717, 1.165) is 51.1 Å². The van der Waals surface area contributed by atoms with Gasteiger partial charge in [0.05, 0.1) is 23.5 Å². The van der Waals surface area contributed by atoms with Crippen molar-refractivity contribution in [1.29, 1.82) is 0 Å². The van der Waals surface area contributed by atoms with E-state index in [0.29, 0.717) is 17.0 Å². The van der Waals surface area contributed by atoms with Crippen molar-refractivity contribution in [3.63, 3.8) is 0 Å². The lowest BCUT2D eigenvalue weighted by Gasteiger charge is -2.49. The van der Waals surface area contributed by atoms with Gasteiger partial charge in [0.25, 0.3) is 11.8 Å². The summed E-state index contributed by atoms with van der Waals surface area (Å²) in [6, 6.07) is 9.90. The van der Waals surface area contributed by atoms with E-state index < -0.39 is 23.3 Å². The number of rotatable bonds is 7. The fourth-order valence-corrected chi connectivity index (χ4v) is 6.44. The molecule has 4 heterocycles.